The molecule has 0 atom stereocenters. The number of amides is 1. The standard InChI is InChI=1S/C11H18N4O/c1-3-9-10(7-15(2)14-9)13-11(16)4-8-5-12-6-8/h7-8,12H,3-6H2,1-2H3,(H,13,16). The summed E-state index contributed by atoms with van der Waals surface area (Å²) in [5.74, 6) is 0.593. The Kier molecular flexibility index (Phi) is 3.24. The molecule has 1 fully saturated rings. The fourth-order valence-electron chi connectivity index (χ4n) is 1.86. The highest BCUT2D eigenvalue weighted by Crippen LogP contribution is 2.15. The van der Waals surface area contributed by atoms with Gasteiger partial charge in [-0.3, -0.25) is 9.48 Å². The minimum absolute atomic E-state index is 0.0919. The molecule has 5 nitrogen and oxygen atoms in total. The van der Waals surface area contributed by atoms with Crippen molar-refractivity contribution in [1.29, 1.82) is 0 Å². The fourth-order valence-corrected chi connectivity index (χ4v) is 1.86. The van der Waals surface area contributed by atoms with Gasteiger partial charge in [0.1, 0.15) is 0 Å². The van der Waals surface area contributed by atoms with E-state index in [1.165, 1.54) is 0 Å². The van der Waals surface area contributed by atoms with E-state index in [0.29, 0.717) is 12.3 Å². The van der Waals surface area contributed by atoms with Crippen molar-refractivity contribution in [3.8, 4) is 0 Å². The van der Waals surface area contributed by atoms with Gasteiger partial charge in [-0.05, 0) is 25.4 Å². The smallest absolute Gasteiger partial charge is 0.224 e. The van der Waals surface area contributed by atoms with Gasteiger partial charge >= 0.3 is 0 Å². The predicted octanol–water partition coefficient (Wildman–Crippen LogP) is 0.530. The first-order chi connectivity index (χ1) is 7.69. The van der Waals surface area contributed by atoms with E-state index < -0.39 is 0 Å². The lowest BCUT2D eigenvalue weighted by molar-refractivity contribution is -0.117. The summed E-state index contributed by atoms with van der Waals surface area (Å²) >= 11 is 0. The molecule has 1 aliphatic rings. The van der Waals surface area contributed by atoms with Crippen molar-refractivity contribution in [2.75, 3.05) is 18.4 Å². The van der Waals surface area contributed by atoms with E-state index in [0.717, 1.165) is 30.9 Å². The van der Waals surface area contributed by atoms with E-state index in [1.807, 2.05) is 20.2 Å². The molecule has 0 radical (unpaired) electrons. The summed E-state index contributed by atoms with van der Waals surface area (Å²) in [5.41, 5.74) is 1.80. The molecule has 1 aromatic heterocycles. The van der Waals surface area contributed by atoms with Crippen LogP contribution in [0, 0.1) is 5.92 Å². The molecule has 0 bridgehead atoms. The molecule has 5 heteroatoms. The number of aromatic nitrogens is 2. The second-order valence-electron chi connectivity index (χ2n) is 4.29. The van der Waals surface area contributed by atoms with Crippen LogP contribution in [-0.4, -0.2) is 28.8 Å². The molecule has 2 N–H and O–H groups in total. The maximum atomic E-state index is 11.7. The number of nitrogens with zero attached hydrogens (tertiary/aromatic N) is 2. The van der Waals surface area contributed by atoms with Gasteiger partial charge in [0.25, 0.3) is 0 Å². The van der Waals surface area contributed by atoms with E-state index in [2.05, 4.69) is 15.7 Å². The minimum Gasteiger partial charge on any atom is -0.323 e. The summed E-state index contributed by atoms with van der Waals surface area (Å²) in [7, 11) is 1.87. The van der Waals surface area contributed by atoms with Crippen molar-refractivity contribution in [3.63, 3.8) is 0 Å². The van der Waals surface area contributed by atoms with Crippen molar-refractivity contribution >= 4 is 11.6 Å². The lowest BCUT2D eigenvalue weighted by atomic mass is 9.99. The Morgan fingerprint density at radius 1 is 1.69 bits per heavy atom. The largest absolute Gasteiger partial charge is 0.323 e. The van der Waals surface area contributed by atoms with Crippen LogP contribution >= 0.6 is 0 Å². The average molecular weight is 222 g/mol. The fraction of sp³-hybridized carbons (Fsp3) is 0.636. The average Bonchev–Trinajstić information content (AvgIpc) is 2.52. The highest BCUT2D eigenvalue weighted by atomic mass is 16.1. The summed E-state index contributed by atoms with van der Waals surface area (Å²) in [5, 5.41) is 10.4. The highest BCUT2D eigenvalue weighted by Gasteiger charge is 2.20. The molecule has 1 aromatic rings. The molecule has 1 saturated heterocycles. The number of rotatable bonds is 4. The third-order valence-electron chi connectivity index (χ3n) is 2.85. The Hall–Kier alpha value is -1.36. The van der Waals surface area contributed by atoms with Crippen LogP contribution < -0.4 is 10.6 Å². The molecule has 0 aromatic carbocycles. The van der Waals surface area contributed by atoms with E-state index in [1.54, 1.807) is 4.68 Å². The summed E-state index contributed by atoms with van der Waals surface area (Å²) in [4.78, 5) is 11.7. The van der Waals surface area contributed by atoms with Gasteiger partial charge < -0.3 is 10.6 Å². The van der Waals surface area contributed by atoms with E-state index in [-0.39, 0.29) is 5.91 Å². The Morgan fingerprint density at radius 3 is 3.00 bits per heavy atom. The number of hydrogen-bond acceptors (Lipinski definition) is 3. The van der Waals surface area contributed by atoms with Gasteiger partial charge in [0.2, 0.25) is 5.91 Å². The lowest BCUT2D eigenvalue weighted by Crippen LogP contribution is -2.43. The van der Waals surface area contributed by atoms with Crippen LogP contribution in [0.3, 0.4) is 0 Å². The van der Waals surface area contributed by atoms with Gasteiger partial charge in [-0.2, -0.15) is 5.10 Å². The number of carbonyl (C=O) groups is 1. The van der Waals surface area contributed by atoms with E-state index in [9.17, 15) is 4.79 Å². The van der Waals surface area contributed by atoms with Crippen LogP contribution in [0.4, 0.5) is 5.69 Å². The third kappa shape index (κ3) is 2.41. The number of anilines is 1. The molecule has 0 aliphatic carbocycles. The maximum Gasteiger partial charge on any atom is 0.224 e. The molecular formula is C11H18N4O. The first kappa shape index (κ1) is 11.1. The molecule has 2 rings (SSSR count). The van der Waals surface area contributed by atoms with E-state index >= 15 is 0 Å². The molecule has 2 heterocycles. The van der Waals surface area contributed by atoms with E-state index in [4.69, 9.17) is 0 Å². The maximum absolute atomic E-state index is 11.7. The van der Waals surface area contributed by atoms with Crippen LogP contribution in [0.25, 0.3) is 0 Å². The Balaban J connectivity index is 1.93. The van der Waals surface area contributed by atoms with Crippen LogP contribution in [-0.2, 0) is 18.3 Å². The Morgan fingerprint density at radius 2 is 2.44 bits per heavy atom. The van der Waals surface area contributed by atoms with Gasteiger partial charge in [-0.15, -0.1) is 0 Å². The topological polar surface area (TPSA) is 59.0 Å². The first-order valence-corrected chi connectivity index (χ1v) is 5.72. The van der Waals surface area contributed by atoms with Crippen molar-refractivity contribution in [2.45, 2.75) is 19.8 Å². The molecule has 1 aliphatic heterocycles. The molecule has 16 heavy (non-hydrogen) atoms. The van der Waals surface area contributed by atoms with Crippen LogP contribution in [0.5, 0.6) is 0 Å². The van der Waals surface area contributed by atoms with Gasteiger partial charge in [-0.1, -0.05) is 6.92 Å². The van der Waals surface area contributed by atoms with Gasteiger partial charge in [-0.25, -0.2) is 0 Å². The number of carbonyl (C=O) groups excluding carboxylic acids is 1. The Labute approximate surface area is 95.2 Å². The van der Waals surface area contributed by atoms with Crippen LogP contribution in [0.2, 0.25) is 0 Å². The zero-order chi connectivity index (χ0) is 11.5. The van der Waals surface area contributed by atoms with Gasteiger partial charge in [0, 0.05) is 19.7 Å². The summed E-state index contributed by atoms with van der Waals surface area (Å²) < 4.78 is 1.74. The second-order valence-corrected chi connectivity index (χ2v) is 4.29. The SMILES string of the molecule is CCc1nn(C)cc1NC(=O)CC1CNC1. The minimum atomic E-state index is 0.0919. The lowest BCUT2D eigenvalue weighted by Gasteiger charge is -2.26. The molecule has 0 unspecified atom stereocenters. The zero-order valence-corrected chi connectivity index (χ0v) is 9.79. The number of nitrogens with one attached hydrogen (secondary N) is 2. The molecule has 1 amide bonds. The highest BCUT2D eigenvalue weighted by molar-refractivity contribution is 5.91. The zero-order valence-electron chi connectivity index (χ0n) is 9.79. The quantitative estimate of drug-likeness (QED) is 0.781. The van der Waals surface area contributed by atoms with Crippen molar-refractivity contribution < 1.29 is 4.79 Å². The first-order valence-electron chi connectivity index (χ1n) is 5.72. The van der Waals surface area contributed by atoms with Gasteiger partial charge in [0.15, 0.2) is 0 Å². The van der Waals surface area contributed by atoms with Crippen LogP contribution in [0.15, 0.2) is 6.20 Å². The third-order valence-corrected chi connectivity index (χ3v) is 2.85. The van der Waals surface area contributed by atoms with Crippen molar-refractivity contribution in [1.82, 2.24) is 15.1 Å². The second kappa shape index (κ2) is 4.65. The Bertz CT molecular complexity index is 381. The number of aryl methyl sites for hydroxylation is 2. The summed E-state index contributed by atoms with van der Waals surface area (Å²) in [6.07, 6.45) is 3.29. The van der Waals surface area contributed by atoms with Gasteiger partial charge in [0.05, 0.1) is 11.4 Å². The summed E-state index contributed by atoms with van der Waals surface area (Å²) in [6.45, 7) is 3.95. The summed E-state index contributed by atoms with van der Waals surface area (Å²) in [6, 6.07) is 0. The van der Waals surface area contributed by atoms with Crippen molar-refractivity contribution in [3.05, 3.63) is 11.9 Å². The van der Waals surface area contributed by atoms with Crippen molar-refractivity contribution in [2.24, 2.45) is 13.0 Å². The monoisotopic (exact) mass is 222 g/mol. The molecular weight excluding hydrogens is 204 g/mol. The number of hydrogen-bond donors (Lipinski definition) is 2. The molecule has 0 spiro atoms. The predicted molar refractivity (Wildman–Crippen MR) is 62.2 cm³/mol. The molecule has 88 valence electrons. The van der Waals surface area contributed by atoms with Crippen LogP contribution in [0.1, 0.15) is 19.0 Å². The molecule has 0 saturated carbocycles. The normalized spacial score (nSPS) is 15.9.